The third-order valence-electron chi connectivity index (χ3n) is 3.89. The summed E-state index contributed by atoms with van der Waals surface area (Å²) in [5, 5.41) is 15.5. The Balaban J connectivity index is 1.36. The Bertz CT molecular complexity index is 783. The SMILES string of the molecule is O=C(NCCc1cn2ccccc2n1)NCC(O)Cc1ccccc1. The van der Waals surface area contributed by atoms with Crippen molar-refractivity contribution in [2.45, 2.75) is 18.9 Å². The highest BCUT2D eigenvalue weighted by Crippen LogP contribution is 2.04. The second-order valence-electron chi connectivity index (χ2n) is 5.93. The van der Waals surface area contributed by atoms with Crippen LogP contribution in [0.2, 0.25) is 0 Å². The molecule has 2 amide bonds. The first kappa shape index (κ1) is 17.0. The van der Waals surface area contributed by atoms with Crippen molar-refractivity contribution in [2.24, 2.45) is 0 Å². The summed E-state index contributed by atoms with van der Waals surface area (Å²) in [5.74, 6) is 0. The van der Waals surface area contributed by atoms with Gasteiger partial charge in [0, 0.05) is 38.3 Å². The minimum Gasteiger partial charge on any atom is -0.391 e. The number of carbonyl (C=O) groups excluding carboxylic acids is 1. The topological polar surface area (TPSA) is 78.7 Å². The van der Waals surface area contributed by atoms with E-state index < -0.39 is 6.10 Å². The minimum absolute atomic E-state index is 0.217. The highest BCUT2D eigenvalue weighted by molar-refractivity contribution is 5.73. The number of amides is 2. The van der Waals surface area contributed by atoms with E-state index in [0.29, 0.717) is 19.4 Å². The molecule has 0 saturated carbocycles. The zero-order valence-corrected chi connectivity index (χ0v) is 13.9. The normalized spacial score (nSPS) is 12.0. The second-order valence-corrected chi connectivity index (χ2v) is 5.93. The number of nitrogens with zero attached hydrogens (tertiary/aromatic N) is 2. The molecule has 2 heterocycles. The molecule has 0 saturated heterocycles. The van der Waals surface area contributed by atoms with Crippen molar-refractivity contribution < 1.29 is 9.90 Å². The van der Waals surface area contributed by atoms with Crippen molar-refractivity contribution >= 4 is 11.7 Å². The lowest BCUT2D eigenvalue weighted by atomic mass is 10.1. The molecule has 0 aliphatic rings. The third-order valence-corrected chi connectivity index (χ3v) is 3.89. The number of benzene rings is 1. The van der Waals surface area contributed by atoms with Gasteiger partial charge in [0.1, 0.15) is 5.65 Å². The molecule has 2 aromatic heterocycles. The Labute approximate surface area is 146 Å². The number of rotatable bonds is 7. The van der Waals surface area contributed by atoms with E-state index in [-0.39, 0.29) is 12.6 Å². The molecule has 0 radical (unpaired) electrons. The number of aliphatic hydroxyl groups excluding tert-OH is 1. The smallest absolute Gasteiger partial charge is 0.314 e. The van der Waals surface area contributed by atoms with E-state index in [9.17, 15) is 9.90 Å². The van der Waals surface area contributed by atoms with Gasteiger partial charge in [-0.1, -0.05) is 36.4 Å². The molecule has 1 unspecified atom stereocenters. The van der Waals surface area contributed by atoms with Crippen molar-refractivity contribution in [3.63, 3.8) is 0 Å². The summed E-state index contributed by atoms with van der Waals surface area (Å²) in [4.78, 5) is 16.3. The van der Waals surface area contributed by atoms with Crippen LogP contribution in [-0.4, -0.2) is 39.7 Å². The van der Waals surface area contributed by atoms with Crippen LogP contribution < -0.4 is 10.6 Å². The first-order valence-electron chi connectivity index (χ1n) is 8.37. The minimum atomic E-state index is -0.605. The number of urea groups is 1. The molecule has 3 N–H and O–H groups in total. The monoisotopic (exact) mass is 338 g/mol. The molecule has 0 fully saturated rings. The lowest BCUT2D eigenvalue weighted by Crippen LogP contribution is -2.41. The second kappa shape index (κ2) is 8.30. The summed E-state index contributed by atoms with van der Waals surface area (Å²) in [6.07, 6.45) is 4.47. The number of hydrogen-bond acceptors (Lipinski definition) is 3. The number of nitrogens with one attached hydrogen (secondary N) is 2. The molecular weight excluding hydrogens is 316 g/mol. The summed E-state index contributed by atoms with van der Waals surface area (Å²) < 4.78 is 1.95. The molecule has 0 aliphatic carbocycles. The highest BCUT2D eigenvalue weighted by atomic mass is 16.3. The molecule has 3 rings (SSSR count). The van der Waals surface area contributed by atoms with Gasteiger partial charge < -0.3 is 20.1 Å². The van der Waals surface area contributed by atoms with E-state index in [1.165, 1.54) is 0 Å². The number of aliphatic hydroxyl groups is 1. The van der Waals surface area contributed by atoms with E-state index in [1.54, 1.807) is 0 Å². The van der Waals surface area contributed by atoms with Crippen molar-refractivity contribution in [3.05, 3.63) is 72.2 Å². The van der Waals surface area contributed by atoms with Gasteiger partial charge in [0.05, 0.1) is 11.8 Å². The fraction of sp³-hybridized carbons (Fsp3) is 0.263. The fourth-order valence-corrected chi connectivity index (χ4v) is 2.64. The van der Waals surface area contributed by atoms with Gasteiger partial charge in [-0.2, -0.15) is 0 Å². The van der Waals surface area contributed by atoms with Gasteiger partial charge in [-0.25, -0.2) is 9.78 Å². The molecule has 1 aromatic carbocycles. The first-order valence-corrected chi connectivity index (χ1v) is 8.37. The molecule has 6 nitrogen and oxygen atoms in total. The van der Waals surface area contributed by atoms with Gasteiger partial charge in [-0.05, 0) is 17.7 Å². The van der Waals surface area contributed by atoms with E-state index in [0.717, 1.165) is 16.9 Å². The van der Waals surface area contributed by atoms with Crippen molar-refractivity contribution in [2.75, 3.05) is 13.1 Å². The number of imidazole rings is 1. The average Bonchev–Trinajstić information content (AvgIpc) is 3.03. The van der Waals surface area contributed by atoms with Gasteiger partial charge in [-0.15, -0.1) is 0 Å². The Morgan fingerprint density at radius 3 is 2.72 bits per heavy atom. The summed E-state index contributed by atoms with van der Waals surface area (Å²) in [6, 6.07) is 15.3. The molecule has 6 heteroatoms. The maximum atomic E-state index is 11.8. The Hall–Kier alpha value is -2.86. The van der Waals surface area contributed by atoms with Crippen LogP contribution in [0.4, 0.5) is 4.79 Å². The Morgan fingerprint density at radius 2 is 1.92 bits per heavy atom. The predicted octanol–water partition coefficient (Wildman–Crippen LogP) is 1.78. The Morgan fingerprint density at radius 1 is 1.12 bits per heavy atom. The van der Waals surface area contributed by atoms with E-state index in [4.69, 9.17) is 0 Å². The van der Waals surface area contributed by atoms with Crippen LogP contribution in [0, 0.1) is 0 Å². The maximum absolute atomic E-state index is 11.8. The summed E-state index contributed by atoms with van der Waals surface area (Å²) in [7, 11) is 0. The largest absolute Gasteiger partial charge is 0.391 e. The summed E-state index contributed by atoms with van der Waals surface area (Å²) in [5.41, 5.74) is 2.87. The molecule has 0 aliphatic heterocycles. The summed E-state index contributed by atoms with van der Waals surface area (Å²) >= 11 is 0. The van der Waals surface area contributed by atoms with Crippen LogP contribution in [0.1, 0.15) is 11.3 Å². The number of fused-ring (bicyclic) bond motifs is 1. The van der Waals surface area contributed by atoms with Crippen LogP contribution in [0.15, 0.2) is 60.9 Å². The molecule has 25 heavy (non-hydrogen) atoms. The van der Waals surface area contributed by atoms with Crippen molar-refractivity contribution in [1.29, 1.82) is 0 Å². The van der Waals surface area contributed by atoms with Crippen LogP contribution in [0.25, 0.3) is 5.65 Å². The maximum Gasteiger partial charge on any atom is 0.314 e. The quantitative estimate of drug-likeness (QED) is 0.614. The molecule has 0 spiro atoms. The van der Waals surface area contributed by atoms with E-state index in [1.807, 2.05) is 65.3 Å². The van der Waals surface area contributed by atoms with Crippen molar-refractivity contribution in [1.82, 2.24) is 20.0 Å². The van der Waals surface area contributed by atoms with Gasteiger partial charge in [0.25, 0.3) is 0 Å². The lowest BCUT2D eigenvalue weighted by molar-refractivity contribution is 0.170. The van der Waals surface area contributed by atoms with Crippen LogP contribution in [0.5, 0.6) is 0 Å². The Kier molecular flexibility index (Phi) is 5.64. The van der Waals surface area contributed by atoms with Gasteiger partial charge >= 0.3 is 6.03 Å². The standard InChI is InChI=1S/C19H22N4O2/c24-17(12-15-6-2-1-3-7-15)13-21-19(25)20-10-9-16-14-23-11-5-4-8-18(23)22-16/h1-8,11,14,17,24H,9-10,12-13H2,(H2,20,21,25). The van der Waals surface area contributed by atoms with Crippen LogP contribution in [0.3, 0.4) is 0 Å². The third kappa shape index (κ3) is 5.06. The predicted molar refractivity (Wildman–Crippen MR) is 96.5 cm³/mol. The number of pyridine rings is 1. The molecule has 0 bridgehead atoms. The van der Waals surface area contributed by atoms with Gasteiger partial charge in [0.15, 0.2) is 0 Å². The molecule has 130 valence electrons. The lowest BCUT2D eigenvalue weighted by Gasteiger charge is -2.12. The number of carbonyl (C=O) groups is 1. The highest BCUT2D eigenvalue weighted by Gasteiger charge is 2.08. The summed E-state index contributed by atoms with van der Waals surface area (Å²) in [6.45, 7) is 0.708. The van der Waals surface area contributed by atoms with E-state index >= 15 is 0 Å². The van der Waals surface area contributed by atoms with Crippen LogP contribution in [-0.2, 0) is 12.8 Å². The average molecular weight is 338 g/mol. The number of hydrogen-bond donors (Lipinski definition) is 3. The molecular formula is C19H22N4O2. The molecule has 3 aromatic rings. The van der Waals surface area contributed by atoms with Gasteiger partial charge in [0.2, 0.25) is 0 Å². The van der Waals surface area contributed by atoms with E-state index in [2.05, 4.69) is 15.6 Å². The molecule has 1 atom stereocenters. The van der Waals surface area contributed by atoms with Gasteiger partial charge in [-0.3, -0.25) is 0 Å². The van der Waals surface area contributed by atoms with Crippen LogP contribution >= 0.6 is 0 Å². The fourth-order valence-electron chi connectivity index (χ4n) is 2.64. The zero-order valence-electron chi connectivity index (χ0n) is 13.9. The van der Waals surface area contributed by atoms with Crippen molar-refractivity contribution in [3.8, 4) is 0 Å². The zero-order chi connectivity index (χ0) is 17.5. The first-order chi connectivity index (χ1) is 12.2. The number of aromatic nitrogens is 2.